The Morgan fingerprint density at radius 1 is 0.718 bits per heavy atom. The Balaban J connectivity index is 1.80. The summed E-state index contributed by atoms with van der Waals surface area (Å²) in [4.78, 5) is 0. The van der Waals surface area contributed by atoms with Crippen LogP contribution in [0.15, 0.2) is 84.5 Å². The normalized spacial score (nSPS) is 16.1. The van der Waals surface area contributed by atoms with Crippen LogP contribution in [0.4, 0.5) is 0 Å². The van der Waals surface area contributed by atoms with Gasteiger partial charge in [0.05, 0.1) is 0 Å². The van der Waals surface area contributed by atoms with E-state index in [4.69, 9.17) is 0 Å². The van der Waals surface area contributed by atoms with Gasteiger partial charge in [-0.25, -0.2) is 0 Å². The summed E-state index contributed by atoms with van der Waals surface area (Å²) in [5.74, 6) is 0. The summed E-state index contributed by atoms with van der Waals surface area (Å²) >= 11 is 0. The minimum Gasteiger partial charge on any atom is -0.0804 e. The van der Waals surface area contributed by atoms with Crippen molar-refractivity contribution < 1.29 is 0 Å². The minimum atomic E-state index is -0.124. The lowest BCUT2D eigenvalue weighted by molar-refractivity contribution is 0.474. The minimum absolute atomic E-state index is 0.0474. The number of hydrogen-bond acceptors (Lipinski definition) is 0. The summed E-state index contributed by atoms with van der Waals surface area (Å²) in [7, 11) is 0. The van der Waals surface area contributed by atoms with Crippen LogP contribution in [-0.2, 0) is 22.7 Å². The number of unbranched alkanes of at least 4 members (excludes halogenated alkanes) is 3. The number of fused-ring (bicyclic) bond motifs is 3. The Kier molecular flexibility index (Phi) is 7.53. The average molecular weight is 517 g/mol. The van der Waals surface area contributed by atoms with Crippen molar-refractivity contribution in [3.63, 3.8) is 0 Å². The van der Waals surface area contributed by atoms with Gasteiger partial charge in [0.25, 0.3) is 0 Å². The zero-order valence-corrected chi connectivity index (χ0v) is 25.5. The van der Waals surface area contributed by atoms with Gasteiger partial charge in [0.2, 0.25) is 0 Å². The molecule has 5 rings (SSSR count). The fourth-order valence-corrected chi connectivity index (χ4v) is 7.08. The smallest absolute Gasteiger partial charge is 0.0423 e. The second kappa shape index (κ2) is 10.6. The first-order valence-corrected chi connectivity index (χ1v) is 15.3. The van der Waals surface area contributed by atoms with E-state index in [1.54, 1.807) is 16.7 Å². The summed E-state index contributed by atoms with van der Waals surface area (Å²) in [5, 5.41) is 0. The number of allylic oxidation sites excluding steroid dienone is 4. The van der Waals surface area contributed by atoms with Gasteiger partial charge in [-0.15, -0.1) is 0 Å². The molecule has 0 saturated carbocycles. The number of rotatable bonds is 8. The van der Waals surface area contributed by atoms with Gasteiger partial charge < -0.3 is 0 Å². The largest absolute Gasteiger partial charge is 0.0804 e. The second-order valence-electron chi connectivity index (χ2n) is 14.0. The molecule has 0 radical (unpaired) electrons. The highest BCUT2D eigenvalue weighted by Crippen LogP contribution is 2.54. The van der Waals surface area contributed by atoms with Crippen LogP contribution in [-0.4, -0.2) is 0 Å². The molecule has 0 aromatic heterocycles. The lowest BCUT2D eigenvalue weighted by atomic mass is 9.60. The van der Waals surface area contributed by atoms with Gasteiger partial charge in [-0.2, -0.15) is 0 Å². The van der Waals surface area contributed by atoms with Crippen LogP contribution in [0.5, 0.6) is 0 Å². The maximum atomic E-state index is 2.50. The highest BCUT2D eigenvalue weighted by molar-refractivity contribution is 5.81. The SMILES string of the molecule is CCCCCCC(C1=CC=CC1)(c1ccccc1)c1c(C(C)(C)C)ccc2c1Cc1cc(C(C)(C)C)ccc1-2. The van der Waals surface area contributed by atoms with Crippen molar-refractivity contribution in [2.45, 2.75) is 110 Å². The Hall–Kier alpha value is -2.86. The molecule has 0 heterocycles. The molecule has 1 atom stereocenters. The van der Waals surface area contributed by atoms with E-state index in [-0.39, 0.29) is 16.2 Å². The zero-order valence-electron chi connectivity index (χ0n) is 25.5. The molecule has 3 aromatic carbocycles. The average Bonchev–Trinajstić information content (AvgIpc) is 3.56. The highest BCUT2D eigenvalue weighted by atomic mass is 14.5. The summed E-state index contributed by atoms with van der Waals surface area (Å²) in [6.07, 6.45) is 15.4. The van der Waals surface area contributed by atoms with Crippen molar-refractivity contribution in [2.75, 3.05) is 0 Å². The van der Waals surface area contributed by atoms with Crippen LogP contribution in [0.2, 0.25) is 0 Å². The van der Waals surface area contributed by atoms with E-state index in [1.807, 2.05) is 0 Å². The predicted octanol–water partition coefficient (Wildman–Crippen LogP) is 11.0. The van der Waals surface area contributed by atoms with Crippen molar-refractivity contribution in [1.82, 2.24) is 0 Å². The first-order valence-electron chi connectivity index (χ1n) is 15.3. The predicted molar refractivity (Wildman–Crippen MR) is 170 cm³/mol. The molecule has 0 nitrogen and oxygen atoms in total. The van der Waals surface area contributed by atoms with E-state index in [2.05, 4.69) is 127 Å². The van der Waals surface area contributed by atoms with E-state index in [0.29, 0.717) is 0 Å². The molecule has 0 aliphatic heterocycles. The summed E-state index contributed by atoms with van der Waals surface area (Å²) in [5.41, 5.74) is 13.6. The van der Waals surface area contributed by atoms with Crippen LogP contribution in [0.25, 0.3) is 11.1 Å². The molecule has 2 aliphatic rings. The molecule has 0 N–H and O–H groups in total. The van der Waals surface area contributed by atoms with Crippen molar-refractivity contribution in [2.24, 2.45) is 0 Å². The Morgan fingerprint density at radius 2 is 1.46 bits per heavy atom. The zero-order chi connectivity index (χ0) is 27.8. The Labute approximate surface area is 238 Å². The van der Waals surface area contributed by atoms with Gasteiger partial charge in [-0.1, -0.05) is 159 Å². The molecule has 0 saturated heterocycles. The molecule has 3 aromatic rings. The third kappa shape index (κ3) is 5.08. The maximum absolute atomic E-state index is 2.50. The van der Waals surface area contributed by atoms with Gasteiger partial charge in [0.15, 0.2) is 0 Å². The lowest BCUT2D eigenvalue weighted by Gasteiger charge is -2.42. The van der Waals surface area contributed by atoms with Crippen molar-refractivity contribution >= 4 is 0 Å². The number of hydrogen-bond donors (Lipinski definition) is 0. The Morgan fingerprint density at radius 3 is 2.10 bits per heavy atom. The molecule has 39 heavy (non-hydrogen) atoms. The van der Waals surface area contributed by atoms with Gasteiger partial charge >= 0.3 is 0 Å². The summed E-state index contributed by atoms with van der Waals surface area (Å²) in [6.45, 7) is 16.5. The van der Waals surface area contributed by atoms with E-state index in [0.717, 1.165) is 19.3 Å². The van der Waals surface area contributed by atoms with E-state index >= 15 is 0 Å². The van der Waals surface area contributed by atoms with Crippen molar-refractivity contribution in [3.05, 3.63) is 118 Å². The molecule has 0 heteroatoms. The first kappa shape index (κ1) is 27.7. The molecule has 0 bridgehead atoms. The molecular weight excluding hydrogens is 468 g/mol. The van der Waals surface area contributed by atoms with E-state index in [9.17, 15) is 0 Å². The first-order chi connectivity index (χ1) is 18.6. The third-order valence-corrected chi connectivity index (χ3v) is 9.17. The standard InChI is InChI=1S/C39H48/c1-8-9-10-16-25-39(30-19-14-15-20-30,29-17-12-11-13-18-29)36-34-27-28-26-31(37(2,3)4)21-22-32(28)33(34)23-24-35(36)38(5,6)7/h11-15,17-19,21-24,26H,8-10,16,20,25,27H2,1-7H3. The van der Waals surface area contributed by atoms with Crippen molar-refractivity contribution in [3.8, 4) is 11.1 Å². The second-order valence-corrected chi connectivity index (χ2v) is 14.0. The molecular formula is C39H48. The molecule has 2 aliphatic carbocycles. The summed E-state index contributed by atoms with van der Waals surface area (Å²) < 4.78 is 0. The molecule has 0 amide bonds. The van der Waals surface area contributed by atoms with Gasteiger partial charge in [0, 0.05) is 5.41 Å². The fourth-order valence-electron chi connectivity index (χ4n) is 7.08. The van der Waals surface area contributed by atoms with Crippen LogP contribution in [0, 0.1) is 0 Å². The van der Waals surface area contributed by atoms with Gasteiger partial charge in [-0.05, 0) is 74.6 Å². The van der Waals surface area contributed by atoms with E-state index < -0.39 is 0 Å². The molecule has 0 fully saturated rings. The van der Waals surface area contributed by atoms with E-state index in [1.165, 1.54) is 59.1 Å². The lowest BCUT2D eigenvalue weighted by Crippen LogP contribution is -2.35. The molecule has 204 valence electrons. The quantitative estimate of drug-likeness (QED) is 0.204. The van der Waals surface area contributed by atoms with Crippen LogP contribution < -0.4 is 0 Å². The van der Waals surface area contributed by atoms with Crippen molar-refractivity contribution in [1.29, 1.82) is 0 Å². The van der Waals surface area contributed by atoms with Crippen LogP contribution in [0.1, 0.15) is 120 Å². The third-order valence-electron chi connectivity index (χ3n) is 9.17. The maximum Gasteiger partial charge on any atom is 0.0423 e. The molecule has 0 spiro atoms. The summed E-state index contributed by atoms with van der Waals surface area (Å²) in [6, 6.07) is 23.7. The monoisotopic (exact) mass is 516 g/mol. The fraction of sp³-hybridized carbons (Fsp3) is 0.436. The van der Waals surface area contributed by atoms with Gasteiger partial charge in [-0.3, -0.25) is 0 Å². The Bertz CT molecular complexity index is 1380. The van der Waals surface area contributed by atoms with Crippen LogP contribution in [0.3, 0.4) is 0 Å². The van der Waals surface area contributed by atoms with Crippen LogP contribution >= 0.6 is 0 Å². The topological polar surface area (TPSA) is 0 Å². The number of benzene rings is 3. The van der Waals surface area contributed by atoms with Gasteiger partial charge in [0.1, 0.15) is 0 Å². The molecule has 1 unspecified atom stereocenters. The highest BCUT2D eigenvalue weighted by Gasteiger charge is 2.44.